The molecule has 1 aromatic heterocycles. The lowest BCUT2D eigenvalue weighted by atomic mass is 10.1. The minimum absolute atomic E-state index is 0.102. The Kier molecular flexibility index (Phi) is 3.75. The fourth-order valence-corrected chi connectivity index (χ4v) is 2.66. The van der Waals surface area contributed by atoms with Gasteiger partial charge in [-0.3, -0.25) is 4.79 Å². The monoisotopic (exact) mass is 288 g/mol. The molecule has 0 saturated carbocycles. The fourth-order valence-electron chi connectivity index (χ4n) is 2.66. The lowest BCUT2D eigenvalue weighted by Crippen LogP contribution is -2.37. The highest BCUT2D eigenvalue weighted by atomic mass is 19.1. The molecule has 1 aliphatic rings. The molecule has 0 aliphatic carbocycles. The summed E-state index contributed by atoms with van der Waals surface area (Å²) < 4.78 is 21.3. The van der Waals surface area contributed by atoms with Crippen LogP contribution in [0.1, 0.15) is 16.1 Å². The van der Waals surface area contributed by atoms with Crippen molar-refractivity contribution in [3.8, 4) is 0 Å². The topological polar surface area (TPSA) is 34.5 Å². The van der Waals surface area contributed by atoms with Crippen molar-refractivity contribution in [3.05, 3.63) is 59.7 Å². The molecular weight excluding hydrogens is 271 g/mol. The molecule has 110 valence electrons. The Hall–Kier alpha value is -2.14. The van der Waals surface area contributed by atoms with Crippen LogP contribution in [0, 0.1) is 5.82 Å². The van der Waals surface area contributed by atoms with Crippen LogP contribution in [-0.2, 0) is 17.8 Å². The Morgan fingerprint density at radius 2 is 2.05 bits per heavy atom. The zero-order valence-corrected chi connectivity index (χ0v) is 11.8. The average molecular weight is 288 g/mol. The first-order chi connectivity index (χ1) is 10.2. The Labute approximate surface area is 122 Å². The number of halogens is 1. The summed E-state index contributed by atoms with van der Waals surface area (Å²) in [5, 5.41) is 0. The molecule has 2 heterocycles. The third-order valence-electron chi connectivity index (χ3n) is 3.83. The molecule has 5 heteroatoms. The van der Waals surface area contributed by atoms with Gasteiger partial charge in [0.05, 0.1) is 24.8 Å². The third-order valence-corrected chi connectivity index (χ3v) is 3.83. The number of aromatic nitrogens is 1. The van der Waals surface area contributed by atoms with Crippen LogP contribution in [0.4, 0.5) is 4.39 Å². The van der Waals surface area contributed by atoms with Crippen molar-refractivity contribution in [2.45, 2.75) is 19.2 Å². The van der Waals surface area contributed by atoms with Gasteiger partial charge in [0.15, 0.2) is 0 Å². The van der Waals surface area contributed by atoms with Crippen LogP contribution in [0.5, 0.6) is 0 Å². The highest BCUT2D eigenvalue weighted by molar-refractivity contribution is 5.94. The van der Waals surface area contributed by atoms with Crippen molar-refractivity contribution in [1.82, 2.24) is 9.47 Å². The van der Waals surface area contributed by atoms with Crippen molar-refractivity contribution in [2.75, 3.05) is 13.7 Å². The molecular formula is C16H17FN2O2. The number of carbonyl (C=O) groups excluding carboxylic acids is 1. The first kappa shape index (κ1) is 13.8. The van der Waals surface area contributed by atoms with Crippen molar-refractivity contribution in [1.29, 1.82) is 0 Å². The number of rotatable bonds is 2. The smallest absolute Gasteiger partial charge is 0.257 e. The Balaban J connectivity index is 1.91. The summed E-state index contributed by atoms with van der Waals surface area (Å²) in [5.74, 6) is -0.791. The van der Waals surface area contributed by atoms with E-state index in [1.54, 1.807) is 24.1 Å². The molecule has 1 aromatic carbocycles. The van der Waals surface area contributed by atoms with Gasteiger partial charge in [0, 0.05) is 25.5 Å². The molecule has 1 atom stereocenters. The lowest BCUT2D eigenvalue weighted by Gasteiger charge is -2.23. The van der Waals surface area contributed by atoms with E-state index in [9.17, 15) is 9.18 Å². The summed E-state index contributed by atoms with van der Waals surface area (Å²) in [5.41, 5.74) is 1.13. The van der Waals surface area contributed by atoms with E-state index in [1.807, 2.05) is 18.3 Å². The van der Waals surface area contributed by atoms with E-state index >= 15 is 0 Å². The van der Waals surface area contributed by atoms with Gasteiger partial charge in [0.2, 0.25) is 0 Å². The summed E-state index contributed by atoms with van der Waals surface area (Å²) >= 11 is 0. The van der Waals surface area contributed by atoms with E-state index in [4.69, 9.17) is 4.74 Å². The maximum atomic E-state index is 13.8. The van der Waals surface area contributed by atoms with Crippen LogP contribution < -0.4 is 0 Å². The van der Waals surface area contributed by atoms with Gasteiger partial charge in [-0.1, -0.05) is 12.1 Å². The number of benzene rings is 1. The van der Waals surface area contributed by atoms with Crippen molar-refractivity contribution < 1.29 is 13.9 Å². The van der Waals surface area contributed by atoms with Crippen LogP contribution in [0.3, 0.4) is 0 Å². The molecule has 3 rings (SSSR count). The Morgan fingerprint density at radius 1 is 1.24 bits per heavy atom. The zero-order valence-electron chi connectivity index (χ0n) is 11.8. The van der Waals surface area contributed by atoms with E-state index in [-0.39, 0.29) is 17.6 Å². The number of hydrogen-bond donors (Lipinski definition) is 0. The molecule has 0 fully saturated rings. The van der Waals surface area contributed by atoms with Crippen molar-refractivity contribution in [2.24, 2.45) is 0 Å². The fraction of sp³-hybridized carbons (Fsp3) is 0.312. The number of hydrogen-bond acceptors (Lipinski definition) is 2. The van der Waals surface area contributed by atoms with Gasteiger partial charge >= 0.3 is 0 Å². The maximum Gasteiger partial charge on any atom is 0.257 e. The maximum absolute atomic E-state index is 13.8. The van der Waals surface area contributed by atoms with E-state index in [0.29, 0.717) is 19.6 Å². The molecule has 0 spiro atoms. The number of amides is 1. The number of carbonyl (C=O) groups is 1. The molecule has 1 amide bonds. The first-order valence-electron chi connectivity index (χ1n) is 6.89. The van der Waals surface area contributed by atoms with E-state index in [2.05, 4.69) is 4.57 Å². The largest absolute Gasteiger partial charge is 0.378 e. The Bertz CT molecular complexity index is 653. The van der Waals surface area contributed by atoms with Crippen LogP contribution in [0.15, 0.2) is 42.6 Å². The predicted molar refractivity (Wildman–Crippen MR) is 76.4 cm³/mol. The SMILES string of the molecule is COC1CN(C(=O)c2ccccc2F)Cc2cccn2C1. The predicted octanol–water partition coefficient (Wildman–Crippen LogP) is 2.30. The minimum atomic E-state index is -0.490. The average Bonchev–Trinajstić information content (AvgIpc) is 2.84. The number of ether oxygens (including phenoxy) is 1. The normalized spacial score (nSPS) is 18.2. The number of nitrogens with zero attached hydrogens (tertiary/aromatic N) is 2. The van der Waals surface area contributed by atoms with Gasteiger partial charge in [-0.25, -0.2) is 4.39 Å². The molecule has 1 unspecified atom stereocenters. The second-order valence-electron chi connectivity index (χ2n) is 5.18. The molecule has 0 bridgehead atoms. The summed E-state index contributed by atoms with van der Waals surface area (Å²) in [6.07, 6.45) is 1.87. The van der Waals surface area contributed by atoms with Gasteiger partial charge in [0.25, 0.3) is 5.91 Å². The number of methoxy groups -OCH3 is 1. The number of fused-ring (bicyclic) bond motifs is 1. The van der Waals surface area contributed by atoms with Gasteiger partial charge in [-0.2, -0.15) is 0 Å². The van der Waals surface area contributed by atoms with Crippen LogP contribution in [-0.4, -0.2) is 35.1 Å². The first-order valence-corrected chi connectivity index (χ1v) is 6.89. The molecule has 2 aromatic rings. The van der Waals surface area contributed by atoms with Gasteiger partial charge < -0.3 is 14.2 Å². The van der Waals surface area contributed by atoms with E-state index in [0.717, 1.165) is 5.69 Å². The van der Waals surface area contributed by atoms with Gasteiger partial charge in [-0.05, 0) is 24.3 Å². The third kappa shape index (κ3) is 2.69. The standard InChI is InChI=1S/C16H17FN2O2/c1-21-13-10-18-8-4-5-12(18)9-19(11-13)16(20)14-6-2-3-7-15(14)17/h2-8,13H,9-11H2,1H3. The summed E-state index contributed by atoms with van der Waals surface area (Å²) in [6, 6.07) is 9.99. The van der Waals surface area contributed by atoms with Crippen molar-refractivity contribution in [3.63, 3.8) is 0 Å². The lowest BCUT2D eigenvalue weighted by molar-refractivity contribution is 0.0456. The van der Waals surface area contributed by atoms with Crippen LogP contribution in [0.2, 0.25) is 0 Å². The highest BCUT2D eigenvalue weighted by Crippen LogP contribution is 2.18. The summed E-state index contributed by atoms with van der Waals surface area (Å²) in [4.78, 5) is 14.2. The van der Waals surface area contributed by atoms with E-state index in [1.165, 1.54) is 12.1 Å². The molecule has 21 heavy (non-hydrogen) atoms. The second-order valence-corrected chi connectivity index (χ2v) is 5.18. The summed E-state index contributed by atoms with van der Waals surface area (Å²) in [7, 11) is 1.63. The van der Waals surface area contributed by atoms with Gasteiger partial charge in [-0.15, -0.1) is 0 Å². The van der Waals surface area contributed by atoms with Crippen LogP contribution >= 0.6 is 0 Å². The molecule has 4 nitrogen and oxygen atoms in total. The quantitative estimate of drug-likeness (QED) is 0.850. The highest BCUT2D eigenvalue weighted by Gasteiger charge is 2.26. The molecule has 0 N–H and O–H groups in total. The summed E-state index contributed by atoms with van der Waals surface area (Å²) in [6.45, 7) is 1.60. The molecule has 1 aliphatic heterocycles. The van der Waals surface area contributed by atoms with E-state index < -0.39 is 5.82 Å². The molecule has 0 radical (unpaired) electrons. The minimum Gasteiger partial charge on any atom is -0.378 e. The van der Waals surface area contributed by atoms with Crippen LogP contribution in [0.25, 0.3) is 0 Å². The zero-order chi connectivity index (χ0) is 14.8. The van der Waals surface area contributed by atoms with Gasteiger partial charge in [0.1, 0.15) is 5.82 Å². The molecule has 0 saturated heterocycles. The van der Waals surface area contributed by atoms with Crippen molar-refractivity contribution >= 4 is 5.91 Å². The second kappa shape index (κ2) is 5.69. The Morgan fingerprint density at radius 3 is 2.81 bits per heavy atom.